The van der Waals surface area contributed by atoms with Crippen LogP contribution < -0.4 is 0 Å². The molecule has 0 amide bonds. The van der Waals surface area contributed by atoms with Crippen LogP contribution in [-0.4, -0.2) is 32.1 Å². The van der Waals surface area contributed by atoms with Crippen LogP contribution in [0.1, 0.15) is 12.8 Å². The van der Waals surface area contributed by atoms with Crippen LogP contribution in [0.2, 0.25) is 0 Å². The van der Waals surface area contributed by atoms with Gasteiger partial charge in [0.05, 0.1) is 12.5 Å². The summed E-state index contributed by atoms with van der Waals surface area (Å²) in [5, 5.41) is 0. The molecular formula is C8H12O4. The fourth-order valence-electron chi connectivity index (χ4n) is 1.21. The van der Waals surface area contributed by atoms with Crippen LogP contribution in [0.15, 0.2) is 0 Å². The molecule has 12 heavy (non-hydrogen) atoms. The van der Waals surface area contributed by atoms with E-state index in [2.05, 4.69) is 4.74 Å². The van der Waals surface area contributed by atoms with Gasteiger partial charge in [-0.05, 0) is 0 Å². The van der Waals surface area contributed by atoms with Crippen LogP contribution in [0, 0.1) is 5.92 Å². The molecule has 0 aromatic heterocycles. The van der Waals surface area contributed by atoms with Gasteiger partial charge in [0.1, 0.15) is 18.4 Å². The molecule has 0 saturated heterocycles. The van der Waals surface area contributed by atoms with Crippen molar-refractivity contribution in [1.82, 2.24) is 0 Å². The second-order valence-corrected chi connectivity index (χ2v) is 2.76. The number of hydrogen-bond acceptors (Lipinski definition) is 4. The highest BCUT2D eigenvalue weighted by atomic mass is 16.7. The maximum Gasteiger partial charge on any atom is 0.146 e. The second kappa shape index (κ2) is 4.33. The molecule has 1 fully saturated rings. The normalized spacial score (nSPS) is 19.1. The Hall–Kier alpha value is -0.740. The van der Waals surface area contributed by atoms with E-state index in [4.69, 9.17) is 4.74 Å². The smallest absolute Gasteiger partial charge is 0.146 e. The van der Waals surface area contributed by atoms with Crippen molar-refractivity contribution in [2.75, 3.05) is 20.5 Å². The van der Waals surface area contributed by atoms with Crippen molar-refractivity contribution in [3.63, 3.8) is 0 Å². The molecule has 0 unspecified atom stereocenters. The van der Waals surface area contributed by atoms with Gasteiger partial charge in [0, 0.05) is 20.0 Å². The largest absolute Gasteiger partial charge is 0.359 e. The van der Waals surface area contributed by atoms with E-state index in [1.165, 1.54) is 7.11 Å². The zero-order chi connectivity index (χ0) is 8.97. The summed E-state index contributed by atoms with van der Waals surface area (Å²) >= 11 is 0. The summed E-state index contributed by atoms with van der Waals surface area (Å²) in [5.74, 6) is -0.535. The second-order valence-electron chi connectivity index (χ2n) is 2.76. The third-order valence-corrected chi connectivity index (χ3v) is 1.88. The van der Waals surface area contributed by atoms with Crippen LogP contribution in [-0.2, 0) is 19.1 Å². The van der Waals surface area contributed by atoms with Crippen LogP contribution in [0.3, 0.4) is 0 Å². The number of carbonyl (C=O) groups is 2. The number of carbonyl (C=O) groups excluding carboxylic acids is 2. The fraction of sp³-hybridized carbons (Fsp3) is 0.750. The summed E-state index contributed by atoms with van der Waals surface area (Å²) in [4.78, 5) is 22.1. The van der Waals surface area contributed by atoms with Crippen LogP contribution >= 0.6 is 0 Å². The van der Waals surface area contributed by atoms with Gasteiger partial charge in [0.2, 0.25) is 0 Å². The van der Waals surface area contributed by atoms with Crippen LogP contribution in [0.5, 0.6) is 0 Å². The number of rotatable bonds is 4. The van der Waals surface area contributed by atoms with E-state index >= 15 is 0 Å². The summed E-state index contributed by atoms with van der Waals surface area (Å²) < 4.78 is 9.57. The molecule has 1 rings (SSSR count). The van der Waals surface area contributed by atoms with Gasteiger partial charge in [-0.25, -0.2) is 0 Å². The van der Waals surface area contributed by atoms with Crippen molar-refractivity contribution < 1.29 is 19.1 Å². The van der Waals surface area contributed by atoms with Gasteiger partial charge in [-0.1, -0.05) is 0 Å². The van der Waals surface area contributed by atoms with E-state index in [-0.39, 0.29) is 25.0 Å². The van der Waals surface area contributed by atoms with E-state index in [1.54, 1.807) is 0 Å². The average molecular weight is 172 g/mol. The standard InChI is InChI=1S/C8H12O4/c1-11-5-12-4-6-7(9)2-3-8(6)10/h6H,2-5H2,1H3. The first kappa shape index (κ1) is 9.35. The van der Waals surface area contributed by atoms with E-state index in [9.17, 15) is 9.59 Å². The topological polar surface area (TPSA) is 52.6 Å². The SMILES string of the molecule is COCOCC1C(=O)CCC1=O. The van der Waals surface area contributed by atoms with Gasteiger partial charge in [-0.2, -0.15) is 0 Å². The Morgan fingerprint density at radius 1 is 1.33 bits per heavy atom. The summed E-state index contributed by atoms with van der Waals surface area (Å²) in [6, 6.07) is 0. The molecule has 1 saturated carbocycles. The zero-order valence-corrected chi connectivity index (χ0v) is 7.04. The highest BCUT2D eigenvalue weighted by Gasteiger charge is 2.32. The molecule has 0 heterocycles. The Morgan fingerprint density at radius 3 is 2.42 bits per heavy atom. The highest BCUT2D eigenvalue weighted by Crippen LogP contribution is 2.17. The molecular weight excluding hydrogens is 160 g/mol. The Bertz CT molecular complexity index is 171. The monoisotopic (exact) mass is 172 g/mol. The van der Waals surface area contributed by atoms with Gasteiger partial charge in [0.15, 0.2) is 0 Å². The number of ketones is 2. The molecule has 1 aliphatic carbocycles. The molecule has 4 nitrogen and oxygen atoms in total. The van der Waals surface area contributed by atoms with Gasteiger partial charge >= 0.3 is 0 Å². The van der Waals surface area contributed by atoms with Crippen LogP contribution in [0.4, 0.5) is 0 Å². The average Bonchev–Trinajstić information content (AvgIpc) is 2.35. The minimum atomic E-state index is -0.528. The van der Waals surface area contributed by atoms with Gasteiger partial charge in [-0.3, -0.25) is 9.59 Å². The van der Waals surface area contributed by atoms with E-state index in [0.29, 0.717) is 12.8 Å². The molecule has 0 radical (unpaired) electrons. The quantitative estimate of drug-likeness (QED) is 0.344. The molecule has 68 valence electrons. The molecule has 0 aromatic carbocycles. The van der Waals surface area contributed by atoms with Crippen LogP contribution in [0.25, 0.3) is 0 Å². The summed E-state index contributed by atoms with van der Waals surface area (Å²) in [5.41, 5.74) is 0. The van der Waals surface area contributed by atoms with E-state index in [0.717, 1.165) is 0 Å². The van der Waals surface area contributed by atoms with Gasteiger partial charge < -0.3 is 9.47 Å². The third kappa shape index (κ3) is 2.12. The summed E-state index contributed by atoms with van der Waals surface area (Å²) in [6.07, 6.45) is 0.750. The lowest BCUT2D eigenvalue weighted by atomic mass is 10.1. The van der Waals surface area contributed by atoms with E-state index < -0.39 is 5.92 Å². The molecule has 0 aliphatic heterocycles. The number of ether oxygens (including phenoxy) is 2. The molecule has 1 aliphatic rings. The zero-order valence-electron chi connectivity index (χ0n) is 7.04. The molecule has 0 aromatic rings. The Kier molecular flexibility index (Phi) is 3.37. The lowest BCUT2D eigenvalue weighted by Crippen LogP contribution is -2.21. The minimum Gasteiger partial charge on any atom is -0.359 e. The predicted octanol–water partition coefficient (Wildman–Crippen LogP) is 0.155. The first-order chi connectivity index (χ1) is 5.75. The number of hydrogen-bond donors (Lipinski definition) is 0. The number of methoxy groups -OCH3 is 1. The lowest BCUT2D eigenvalue weighted by Gasteiger charge is -2.06. The Labute approximate surface area is 70.8 Å². The summed E-state index contributed by atoms with van der Waals surface area (Å²) in [7, 11) is 1.50. The van der Waals surface area contributed by atoms with Crippen molar-refractivity contribution in [2.45, 2.75) is 12.8 Å². The lowest BCUT2D eigenvalue weighted by molar-refractivity contribution is -0.132. The molecule has 0 spiro atoms. The first-order valence-electron chi connectivity index (χ1n) is 3.88. The maximum absolute atomic E-state index is 11.0. The maximum atomic E-state index is 11.0. The molecule has 0 bridgehead atoms. The Balaban J connectivity index is 2.30. The van der Waals surface area contributed by atoms with Crippen molar-refractivity contribution in [3.8, 4) is 0 Å². The van der Waals surface area contributed by atoms with Crippen molar-refractivity contribution in [1.29, 1.82) is 0 Å². The van der Waals surface area contributed by atoms with Crippen molar-refractivity contribution in [3.05, 3.63) is 0 Å². The molecule has 4 heteroatoms. The van der Waals surface area contributed by atoms with Gasteiger partial charge in [-0.15, -0.1) is 0 Å². The van der Waals surface area contributed by atoms with Gasteiger partial charge in [0.25, 0.3) is 0 Å². The van der Waals surface area contributed by atoms with Crippen molar-refractivity contribution >= 4 is 11.6 Å². The molecule has 0 N–H and O–H groups in total. The highest BCUT2D eigenvalue weighted by molar-refractivity contribution is 6.08. The fourth-order valence-corrected chi connectivity index (χ4v) is 1.21. The molecule has 0 atom stereocenters. The summed E-state index contributed by atoms with van der Waals surface area (Å²) in [6.45, 7) is 0.308. The number of Topliss-reactive ketones (excluding diaryl/α,β-unsaturated/α-hetero) is 2. The predicted molar refractivity (Wildman–Crippen MR) is 40.6 cm³/mol. The van der Waals surface area contributed by atoms with E-state index in [1.807, 2.05) is 0 Å². The third-order valence-electron chi connectivity index (χ3n) is 1.88. The van der Waals surface area contributed by atoms with Crippen molar-refractivity contribution in [2.24, 2.45) is 5.92 Å². The first-order valence-corrected chi connectivity index (χ1v) is 3.88. The Morgan fingerprint density at radius 2 is 1.92 bits per heavy atom. The minimum absolute atomic E-state index is 0.00361.